The lowest BCUT2D eigenvalue weighted by Gasteiger charge is -2.40. The van der Waals surface area contributed by atoms with Crippen molar-refractivity contribution in [3.63, 3.8) is 0 Å². The van der Waals surface area contributed by atoms with Gasteiger partial charge < -0.3 is 14.2 Å². The van der Waals surface area contributed by atoms with Crippen LogP contribution in [-0.2, 0) is 19.0 Å². The molecular weight excluding hydrogens is 220 g/mol. The summed E-state index contributed by atoms with van der Waals surface area (Å²) < 4.78 is 16.6. The minimum atomic E-state index is -0.903. The average Bonchev–Trinajstić information content (AvgIpc) is 2.34. The third-order valence-corrected chi connectivity index (χ3v) is 2.65. The third kappa shape index (κ3) is 3.68. The van der Waals surface area contributed by atoms with Crippen molar-refractivity contribution in [3.8, 4) is 0 Å². The molecule has 0 aliphatic carbocycles. The Hall–Kier alpha value is -1.13. The van der Waals surface area contributed by atoms with Crippen LogP contribution in [0.3, 0.4) is 0 Å². The summed E-state index contributed by atoms with van der Waals surface area (Å²) in [5.74, 6) is -1.27. The van der Waals surface area contributed by atoms with Gasteiger partial charge in [0.1, 0.15) is 0 Å². The molecule has 0 amide bonds. The van der Waals surface area contributed by atoms with E-state index in [-0.39, 0.29) is 5.97 Å². The van der Waals surface area contributed by atoms with Crippen LogP contribution in [0.4, 0.5) is 0 Å². The van der Waals surface area contributed by atoms with Gasteiger partial charge in [0.05, 0.1) is 13.2 Å². The molecule has 0 aromatic heterocycles. The molecule has 1 saturated heterocycles. The summed E-state index contributed by atoms with van der Waals surface area (Å²) in [7, 11) is 0. The van der Waals surface area contributed by atoms with Gasteiger partial charge in [-0.2, -0.15) is 0 Å². The molecule has 0 aromatic carbocycles. The van der Waals surface area contributed by atoms with E-state index in [9.17, 15) is 4.79 Å². The lowest BCUT2D eigenvalue weighted by Crippen LogP contribution is -2.50. The van der Waals surface area contributed by atoms with E-state index in [1.54, 1.807) is 12.2 Å². The highest BCUT2D eigenvalue weighted by Crippen LogP contribution is 2.32. The first-order valence-corrected chi connectivity index (χ1v) is 5.83. The summed E-state index contributed by atoms with van der Waals surface area (Å²) in [6.45, 7) is 9.60. The maximum absolute atomic E-state index is 11.1. The summed E-state index contributed by atoms with van der Waals surface area (Å²) in [6.07, 6.45) is 5.26. The second kappa shape index (κ2) is 6.57. The molecule has 1 unspecified atom stereocenters. The van der Waals surface area contributed by atoms with Gasteiger partial charge in [-0.25, -0.2) is 0 Å². The van der Waals surface area contributed by atoms with E-state index in [0.29, 0.717) is 19.6 Å². The number of carbonyl (C=O) groups is 1. The fourth-order valence-electron chi connectivity index (χ4n) is 1.91. The topological polar surface area (TPSA) is 44.8 Å². The monoisotopic (exact) mass is 240 g/mol. The van der Waals surface area contributed by atoms with Crippen molar-refractivity contribution in [2.75, 3.05) is 13.2 Å². The summed E-state index contributed by atoms with van der Waals surface area (Å²) in [5, 5.41) is 0. The highest BCUT2D eigenvalue weighted by Gasteiger charge is 2.43. The van der Waals surface area contributed by atoms with E-state index in [1.807, 2.05) is 0 Å². The Morgan fingerprint density at radius 1 is 1.53 bits per heavy atom. The Kier molecular flexibility index (Phi) is 5.38. The van der Waals surface area contributed by atoms with Crippen LogP contribution in [0.2, 0.25) is 0 Å². The van der Waals surface area contributed by atoms with E-state index in [1.165, 1.54) is 6.92 Å². The summed E-state index contributed by atoms with van der Waals surface area (Å²) >= 11 is 0. The van der Waals surface area contributed by atoms with Crippen LogP contribution in [0.1, 0.15) is 26.2 Å². The molecule has 2 atom stereocenters. The Bertz CT molecular complexity index is 279. The van der Waals surface area contributed by atoms with Gasteiger partial charge in [-0.3, -0.25) is 4.79 Å². The van der Waals surface area contributed by atoms with E-state index < -0.39 is 11.9 Å². The molecule has 4 nitrogen and oxygen atoms in total. The first-order chi connectivity index (χ1) is 8.14. The molecule has 1 aliphatic rings. The largest absolute Gasteiger partial charge is 0.453 e. The van der Waals surface area contributed by atoms with Crippen molar-refractivity contribution < 1.29 is 19.0 Å². The fraction of sp³-hybridized carbons (Fsp3) is 0.615. The average molecular weight is 240 g/mol. The van der Waals surface area contributed by atoms with E-state index in [2.05, 4.69) is 13.2 Å². The zero-order valence-corrected chi connectivity index (χ0v) is 10.3. The molecule has 1 rings (SSSR count). The summed E-state index contributed by atoms with van der Waals surface area (Å²) in [6, 6.07) is 0. The molecule has 1 aliphatic heterocycles. The highest BCUT2D eigenvalue weighted by atomic mass is 16.7. The molecule has 0 bridgehead atoms. The number of ether oxygens (including phenoxy) is 3. The maximum Gasteiger partial charge on any atom is 0.303 e. The van der Waals surface area contributed by atoms with E-state index >= 15 is 0 Å². The van der Waals surface area contributed by atoms with Crippen LogP contribution in [0, 0.1) is 0 Å². The third-order valence-electron chi connectivity index (χ3n) is 2.65. The molecule has 1 fully saturated rings. The Balaban J connectivity index is 2.80. The van der Waals surface area contributed by atoms with Gasteiger partial charge in [0.25, 0.3) is 0 Å². The molecule has 0 N–H and O–H groups in total. The highest BCUT2D eigenvalue weighted by molar-refractivity contribution is 5.66. The quantitative estimate of drug-likeness (QED) is 0.527. The van der Waals surface area contributed by atoms with Gasteiger partial charge in [-0.15, -0.1) is 6.58 Å². The molecule has 0 aromatic rings. The number of rotatable bonds is 6. The fourth-order valence-corrected chi connectivity index (χ4v) is 1.91. The number of hydrogen-bond donors (Lipinski definition) is 0. The SMILES string of the molecule is C=CCOC1([C@H](C=C)OC(C)=O)CCCCO1. The van der Waals surface area contributed by atoms with Crippen molar-refractivity contribution in [2.45, 2.75) is 38.1 Å². The van der Waals surface area contributed by atoms with Crippen LogP contribution >= 0.6 is 0 Å². The van der Waals surface area contributed by atoms with Crippen LogP contribution < -0.4 is 0 Å². The maximum atomic E-state index is 11.1. The van der Waals surface area contributed by atoms with Crippen LogP contribution in [0.25, 0.3) is 0 Å². The minimum Gasteiger partial charge on any atom is -0.453 e. The summed E-state index contributed by atoms with van der Waals surface area (Å²) in [4.78, 5) is 11.1. The lowest BCUT2D eigenvalue weighted by atomic mass is 9.99. The predicted molar refractivity (Wildman–Crippen MR) is 64.4 cm³/mol. The van der Waals surface area contributed by atoms with Crippen LogP contribution in [0.5, 0.6) is 0 Å². The zero-order chi connectivity index (χ0) is 12.7. The van der Waals surface area contributed by atoms with Gasteiger partial charge in [0, 0.05) is 13.3 Å². The van der Waals surface area contributed by atoms with E-state index in [4.69, 9.17) is 14.2 Å². The van der Waals surface area contributed by atoms with Crippen molar-refractivity contribution in [2.24, 2.45) is 0 Å². The summed E-state index contributed by atoms with van der Waals surface area (Å²) in [5.41, 5.74) is 0. The van der Waals surface area contributed by atoms with Gasteiger partial charge in [-0.1, -0.05) is 12.7 Å². The molecule has 0 radical (unpaired) electrons. The zero-order valence-electron chi connectivity index (χ0n) is 10.3. The Labute approximate surface area is 102 Å². The van der Waals surface area contributed by atoms with Crippen molar-refractivity contribution in [1.82, 2.24) is 0 Å². The molecular formula is C13H20O4. The second-order valence-electron chi connectivity index (χ2n) is 3.98. The van der Waals surface area contributed by atoms with Gasteiger partial charge in [0.15, 0.2) is 6.10 Å². The molecule has 17 heavy (non-hydrogen) atoms. The lowest BCUT2D eigenvalue weighted by molar-refractivity contribution is -0.287. The molecule has 96 valence electrons. The first-order valence-electron chi connectivity index (χ1n) is 5.83. The Morgan fingerprint density at radius 3 is 2.76 bits per heavy atom. The predicted octanol–water partition coefficient (Wildman–Crippen LogP) is 2.20. The number of esters is 1. The van der Waals surface area contributed by atoms with Gasteiger partial charge in [-0.05, 0) is 18.9 Å². The molecule has 0 spiro atoms. The van der Waals surface area contributed by atoms with Crippen molar-refractivity contribution in [3.05, 3.63) is 25.3 Å². The van der Waals surface area contributed by atoms with Crippen LogP contribution in [-0.4, -0.2) is 31.1 Å². The standard InChI is InChI=1S/C13H20O4/c1-4-9-15-13(8-6-7-10-16-13)12(5-2)17-11(3)14/h4-5,12H,1-2,6-10H2,3H3/t12-,13?/m0/s1. The van der Waals surface area contributed by atoms with Crippen LogP contribution in [0.15, 0.2) is 25.3 Å². The smallest absolute Gasteiger partial charge is 0.303 e. The number of hydrogen-bond acceptors (Lipinski definition) is 4. The number of carbonyl (C=O) groups excluding carboxylic acids is 1. The van der Waals surface area contributed by atoms with Crippen molar-refractivity contribution >= 4 is 5.97 Å². The van der Waals surface area contributed by atoms with Gasteiger partial charge >= 0.3 is 5.97 Å². The molecule has 0 saturated carbocycles. The molecule has 4 heteroatoms. The van der Waals surface area contributed by atoms with Crippen molar-refractivity contribution in [1.29, 1.82) is 0 Å². The molecule has 1 heterocycles. The second-order valence-corrected chi connectivity index (χ2v) is 3.98. The minimum absolute atomic E-state index is 0.353. The normalized spacial score (nSPS) is 25.9. The van der Waals surface area contributed by atoms with E-state index in [0.717, 1.165) is 12.8 Å². The Morgan fingerprint density at radius 2 is 2.29 bits per heavy atom. The van der Waals surface area contributed by atoms with Gasteiger partial charge in [0.2, 0.25) is 5.79 Å². The first kappa shape index (κ1) is 13.9.